The number of nitrogens with zero attached hydrogens (tertiary/aromatic N) is 1. The summed E-state index contributed by atoms with van der Waals surface area (Å²) >= 11 is 0. The van der Waals surface area contributed by atoms with E-state index in [-0.39, 0.29) is 18.1 Å². The fourth-order valence-corrected chi connectivity index (χ4v) is 2.46. The van der Waals surface area contributed by atoms with Crippen molar-refractivity contribution in [3.8, 4) is 0 Å². The van der Waals surface area contributed by atoms with Crippen molar-refractivity contribution in [2.45, 2.75) is 19.4 Å². The van der Waals surface area contributed by atoms with Gasteiger partial charge in [0.2, 0.25) is 5.91 Å². The van der Waals surface area contributed by atoms with E-state index >= 15 is 0 Å². The molecular formula is C14H19F2N3O. The first-order chi connectivity index (χ1) is 9.58. The van der Waals surface area contributed by atoms with Gasteiger partial charge in [0.05, 0.1) is 6.54 Å². The molecule has 0 radical (unpaired) electrons. The van der Waals surface area contributed by atoms with Crippen molar-refractivity contribution < 1.29 is 13.6 Å². The Morgan fingerprint density at radius 3 is 2.65 bits per heavy atom. The van der Waals surface area contributed by atoms with Gasteiger partial charge in [-0.25, -0.2) is 8.78 Å². The number of rotatable bonds is 5. The molecule has 1 aliphatic rings. The van der Waals surface area contributed by atoms with Gasteiger partial charge in [0, 0.05) is 24.3 Å². The lowest BCUT2D eigenvalue weighted by atomic mass is 10.2. The summed E-state index contributed by atoms with van der Waals surface area (Å²) in [6.07, 6.45) is 1.01. The summed E-state index contributed by atoms with van der Waals surface area (Å²) in [5.41, 5.74) is 0.146. The molecule has 20 heavy (non-hydrogen) atoms. The lowest BCUT2D eigenvalue weighted by molar-refractivity contribution is -0.117. The highest BCUT2D eigenvalue weighted by molar-refractivity contribution is 5.92. The maximum Gasteiger partial charge on any atom is 0.238 e. The molecule has 0 bridgehead atoms. The zero-order chi connectivity index (χ0) is 14.5. The van der Waals surface area contributed by atoms with Crippen LogP contribution in [0.3, 0.4) is 0 Å². The Morgan fingerprint density at radius 1 is 1.40 bits per heavy atom. The van der Waals surface area contributed by atoms with E-state index in [1.54, 1.807) is 0 Å². The molecular weight excluding hydrogens is 264 g/mol. The second kappa shape index (κ2) is 6.76. The maximum atomic E-state index is 13.0. The van der Waals surface area contributed by atoms with Gasteiger partial charge in [-0.1, -0.05) is 6.92 Å². The Kier molecular flexibility index (Phi) is 5.03. The van der Waals surface area contributed by atoms with Crippen LogP contribution in [0.1, 0.15) is 13.3 Å². The number of likely N-dealkylation sites (N-methyl/N-ethyl adjacent to an activating group) is 1. The summed E-state index contributed by atoms with van der Waals surface area (Å²) in [7, 11) is 0. The van der Waals surface area contributed by atoms with E-state index in [4.69, 9.17) is 0 Å². The van der Waals surface area contributed by atoms with E-state index in [0.717, 1.165) is 44.3 Å². The van der Waals surface area contributed by atoms with E-state index in [2.05, 4.69) is 15.5 Å². The monoisotopic (exact) mass is 283 g/mol. The molecule has 1 aromatic carbocycles. The number of hydrogen-bond donors (Lipinski definition) is 2. The van der Waals surface area contributed by atoms with Crippen molar-refractivity contribution >= 4 is 11.6 Å². The van der Waals surface area contributed by atoms with Crippen molar-refractivity contribution in [1.82, 2.24) is 10.2 Å². The smallest absolute Gasteiger partial charge is 0.238 e. The molecule has 0 aromatic heterocycles. The molecule has 6 heteroatoms. The van der Waals surface area contributed by atoms with Crippen LogP contribution in [0.4, 0.5) is 14.5 Å². The highest BCUT2D eigenvalue weighted by Crippen LogP contribution is 2.13. The molecule has 0 spiro atoms. The Morgan fingerprint density at radius 2 is 2.10 bits per heavy atom. The molecule has 0 saturated carbocycles. The van der Waals surface area contributed by atoms with Crippen LogP contribution in [0.2, 0.25) is 0 Å². The van der Waals surface area contributed by atoms with Crippen LogP contribution in [-0.2, 0) is 4.79 Å². The minimum Gasteiger partial charge on any atom is -0.325 e. The standard InChI is InChI=1S/C14H19F2N3O/c1-2-19(13-3-4-17-8-13)9-14(20)18-12-6-10(15)5-11(16)7-12/h5-7,13,17H,2-4,8-9H2,1H3,(H,18,20). The maximum absolute atomic E-state index is 13.0. The number of amides is 1. The first-order valence-electron chi connectivity index (χ1n) is 6.79. The molecule has 1 aliphatic heterocycles. The van der Waals surface area contributed by atoms with Crippen LogP contribution in [0.25, 0.3) is 0 Å². The second-order valence-corrected chi connectivity index (χ2v) is 4.92. The van der Waals surface area contributed by atoms with Gasteiger partial charge in [-0.2, -0.15) is 0 Å². The molecule has 1 unspecified atom stereocenters. The van der Waals surface area contributed by atoms with E-state index in [0.29, 0.717) is 6.04 Å². The quantitative estimate of drug-likeness (QED) is 0.862. The summed E-state index contributed by atoms with van der Waals surface area (Å²) in [6, 6.07) is 3.33. The summed E-state index contributed by atoms with van der Waals surface area (Å²) in [5, 5.41) is 5.78. The van der Waals surface area contributed by atoms with Crippen molar-refractivity contribution in [2.24, 2.45) is 0 Å². The van der Waals surface area contributed by atoms with Crippen molar-refractivity contribution in [3.05, 3.63) is 29.8 Å². The fourth-order valence-electron chi connectivity index (χ4n) is 2.46. The zero-order valence-corrected chi connectivity index (χ0v) is 11.5. The molecule has 2 rings (SSSR count). The zero-order valence-electron chi connectivity index (χ0n) is 11.5. The van der Waals surface area contributed by atoms with Gasteiger partial charge < -0.3 is 10.6 Å². The number of hydrogen-bond acceptors (Lipinski definition) is 3. The van der Waals surface area contributed by atoms with Crippen molar-refractivity contribution in [1.29, 1.82) is 0 Å². The summed E-state index contributed by atoms with van der Waals surface area (Å²) in [6.45, 7) is 4.80. The minimum absolute atomic E-state index is 0.146. The van der Waals surface area contributed by atoms with Crippen LogP contribution < -0.4 is 10.6 Å². The third-order valence-electron chi connectivity index (χ3n) is 3.45. The van der Waals surface area contributed by atoms with Gasteiger partial charge in [0.25, 0.3) is 0 Å². The van der Waals surface area contributed by atoms with Gasteiger partial charge in [-0.15, -0.1) is 0 Å². The van der Waals surface area contributed by atoms with Gasteiger partial charge in [0.15, 0.2) is 0 Å². The summed E-state index contributed by atoms with van der Waals surface area (Å²) in [5.74, 6) is -1.66. The van der Waals surface area contributed by atoms with Crippen LogP contribution >= 0.6 is 0 Å². The molecule has 2 N–H and O–H groups in total. The molecule has 1 heterocycles. The highest BCUT2D eigenvalue weighted by atomic mass is 19.1. The number of carbonyl (C=O) groups is 1. The number of carbonyl (C=O) groups excluding carboxylic acids is 1. The molecule has 1 fully saturated rings. The lowest BCUT2D eigenvalue weighted by Crippen LogP contribution is -2.41. The van der Waals surface area contributed by atoms with Crippen LogP contribution in [0.5, 0.6) is 0 Å². The molecule has 4 nitrogen and oxygen atoms in total. The average molecular weight is 283 g/mol. The lowest BCUT2D eigenvalue weighted by Gasteiger charge is -2.26. The molecule has 1 aromatic rings. The SMILES string of the molecule is CCN(CC(=O)Nc1cc(F)cc(F)c1)C1CCNC1. The first-order valence-corrected chi connectivity index (χ1v) is 6.79. The number of anilines is 1. The van der Waals surface area contributed by atoms with Crippen molar-refractivity contribution in [2.75, 3.05) is 31.5 Å². The predicted molar refractivity (Wildman–Crippen MR) is 73.5 cm³/mol. The molecule has 1 saturated heterocycles. The predicted octanol–water partition coefficient (Wildman–Crippen LogP) is 1.59. The molecule has 110 valence electrons. The van der Waals surface area contributed by atoms with E-state index in [9.17, 15) is 13.6 Å². The Bertz CT molecular complexity index is 455. The first kappa shape index (κ1) is 14.9. The van der Waals surface area contributed by atoms with Crippen molar-refractivity contribution in [3.63, 3.8) is 0 Å². The molecule has 1 amide bonds. The second-order valence-electron chi connectivity index (χ2n) is 4.92. The van der Waals surface area contributed by atoms with E-state index < -0.39 is 11.6 Å². The van der Waals surface area contributed by atoms with Gasteiger partial charge >= 0.3 is 0 Å². The summed E-state index contributed by atoms with van der Waals surface area (Å²) in [4.78, 5) is 14.0. The topological polar surface area (TPSA) is 44.4 Å². The van der Waals surface area contributed by atoms with Gasteiger partial charge in [-0.3, -0.25) is 9.69 Å². The average Bonchev–Trinajstić information content (AvgIpc) is 2.88. The minimum atomic E-state index is -0.701. The number of halogens is 2. The largest absolute Gasteiger partial charge is 0.325 e. The van der Waals surface area contributed by atoms with Gasteiger partial charge in [0.1, 0.15) is 11.6 Å². The fraction of sp³-hybridized carbons (Fsp3) is 0.500. The summed E-state index contributed by atoms with van der Waals surface area (Å²) < 4.78 is 26.1. The van der Waals surface area contributed by atoms with Gasteiger partial charge in [-0.05, 0) is 31.6 Å². The Balaban J connectivity index is 1.93. The van der Waals surface area contributed by atoms with Crippen LogP contribution in [0, 0.1) is 11.6 Å². The molecule has 0 aliphatic carbocycles. The normalized spacial score (nSPS) is 18.5. The highest BCUT2D eigenvalue weighted by Gasteiger charge is 2.22. The van der Waals surface area contributed by atoms with E-state index in [1.165, 1.54) is 0 Å². The Hall–Kier alpha value is -1.53. The Labute approximate surface area is 117 Å². The van der Waals surface area contributed by atoms with E-state index in [1.807, 2.05) is 6.92 Å². The number of nitrogens with one attached hydrogen (secondary N) is 2. The van der Waals surface area contributed by atoms with Crippen LogP contribution in [0.15, 0.2) is 18.2 Å². The third-order valence-corrected chi connectivity index (χ3v) is 3.45. The van der Waals surface area contributed by atoms with Crippen LogP contribution in [-0.4, -0.2) is 43.0 Å². The molecule has 1 atom stereocenters. The number of benzene rings is 1. The third kappa shape index (κ3) is 3.98.